The molecule has 0 amide bonds. The van der Waals surface area contributed by atoms with Gasteiger partial charge in [0.1, 0.15) is 0 Å². The van der Waals surface area contributed by atoms with Crippen LogP contribution in [0.3, 0.4) is 0 Å². The van der Waals surface area contributed by atoms with Crippen molar-refractivity contribution in [2.45, 2.75) is 6.42 Å². The zero-order chi connectivity index (χ0) is 11.9. The first-order valence-electron chi connectivity index (χ1n) is 4.84. The van der Waals surface area contributed by atoms with Crippen LogP contribution in [0, 0.1) is 0 Å². The van der Waals surface area contributed by atoms with Crippen LogP contribution in [0.25, 0.3) is 0 Å². The number of imidazole rings is 1. The molecule has 8 heteroatoms. The summed E-state index contributed by atoms with van der Waals surface area (Å²) in [5.74, 6) is 0. The molecule has 0 aliphatic heterocycles. The van der Waals surface area contributed by atoms with E-state index in [-0.39, 0.29) is 6.54 Å². The van der Waals surface area contributed by atoms with Gasteiger partial charge in [-0.15, -0.1) is 0 Å². The number of methoxy groups -OCH3 is 1. The largest absolute Gasteiger partial charge is 0.383 e. The molecule has 1 rings (SSSR count). The molecule has 0 radical (unpaired) electrons. The summed E-state index contributed by atoms with van der Waals surface area (Å²) in [4.78, 5) is 6.72. The third kappa shape index (κ3) is 5.21. The van der Waals surface area contributed by atoms with Gasteiger partial charge in [-0.2, -0.15) is 13.1 Å². The molecule has 0 fully saturated rings. The van der Waals surface area contributed by atoms with Crippen molar-refractivity contribution in [3.8, 4) is 0 Å². The van der Waals surface area contributed by atoms with E-state index in [1.807, 2.05) is 0 Å². The van der Waals surface area contributed by atoms with E-state index in [4.69, 9.17) is 4.74 Å². The Labute approximate surface area is 94.8 Å². The molecule has 0 spiro atoms. The molecule has 16 heavy (non-hydrogen) atoms. The summed E-state index contributed by atoms with van der Waals surface area (Å²) in [6, 6.07) is 0. The van der Waals surface area contributed by atoms with Crippen molar-refractivity contribution in [2.75, 3.05) is 26.8 Å². The van der Waals surface area contributed by atoms with Crippen molar-refractivity contribution in [3.63, 3.8) is 0 Å². The van der Waals surface area contributed by atoms with Gasteiger partial charge in [-0.3, -0.25) is 0 Å². The van der Waals surface area contributed by atoms with E-state index >= 15 is 0 Å². The Balaban J connectivity index is 2.20. The van der Waals surface area contributed by atoms with Gasteiger partial charge in [0.05, 0.1) is 12.9 Å². The van der Waals surface area contributed by atoms with Crippen molar-refractivity contribution < 1.29 is 13.2 Å². The molecule has 0 aromatic carbocycles. The fourth-order valence-corrected chi connectivity index (χ4v) is 1.90. The molecule has 0 atom stereocenters. The van der Waals surface area contributed by atoms with Crippen molar-refractivity contribution in [1.29, 1.82) is 0 Å². The zero-order valence-electron chi connectivity index (χ0n) is 9.06. The smallest absolute Gasteiger partial charge is 0.276 e. The topological polar surface area (TPSA) is 96.1 Å². The van der Waals surface area contributed by atoms with E-state index in [1.165, 1.54) is 7.11 Å². The third-order valence-electron chi connectivity index (χ3n) is 1.84. The summed E-state index contributed by atoms with van der Waals surface area (Å²) >= 11 is 0. The van der Waals surface area contributed by atoms with Gasteiger partial charge < -0.3 is 9.72 Å². The highest BCUT2D eigenvalue weighted by Crippen LogP contribution is 1.91. The Morgan fingerprint density at radius 1 is 1.44 bits per heavy atom. The van der Waals surface area contributed by atoms with Gasteiger partial charge in [0.2, 0.25) is 0 Å². The average molecular weight is 248 g/mol. The molecule has 1 heterocycles. The van der Waals surface area contributed by atoms with E-state index in [9.17, 15) is 8.42 Å². The Kier molecular flexibility index (Phi) is 5.39. The molecule has 3 N–H and O–H groups in total. The van der Waals surface area contributed by atoms with Gasteiger partial charge in [-0.05, 0) is 0 Å². The van der Waals surface area contributed by atoms with E-state index in [0.717, 1.165) is 5.69 Å². The highest BCUT2D eigenvalue weighted by Gasteiger charge is 2.07. The molecule has 0 aliphatic rings. The summed E-state index contributed by atoms with van der Waals surface area (Å²) in [5, 5.41) is 0. The van der Waals surface area contributed by atoms with E-state index in [1.54, 1.807) is 12.5 Å². The van der Waals surface area contributed by atoms with Gasteiger partial charge in [0.15, 0.2) is 0 Å². The number of nitrogens with zero attached hydrogens (tertiary/aromatic N) is 1. The van der Waals surface area contributed by atoms with Gasteiger partial charge >= 0.3 is 0 Å². The summed E-state index contributed by atoms with van der Waals surface area (Å²) < 4.78 is 32.2. The maximum absolute atomic E-state index is 11.3. The predicted molar refractivity (Wildman–Crippen MR) is 59.1 cm³/mol. The van der Waals surface area contributed by atoms with Gasteiger partial charge in [0.25, 0.3) is 10.2 Å². The van der Waals surface area contributed by atoms with Gasteiger partial charge in [-0.25, -0.2) is 9.71 Å². The third-order valence-corrected chi connectivity index (χ3v) is 3.01. The standard InChI is InChI=1S/C8H16N4O3S/c1-15-5-4-12-16(13,14)11-3-2-8-6-9-7-10-8/h6-7,11-12H,2-5H2,1H3,(H,9,10). The number of ether oxygens (including phenoxy) is 1. The van der Waals surface area contributed by atoms with Crippen LogP contribution in [-0.2, 0) is 21.4 Å². The SMILES string of the molecule is COCCNS(=O)(=O)NCCc1cnc[nH]1. The fourth-order valence-electron chi connectivity index (χ4n) is 1.07. The molecule has 0 unspecified atom stereocenters. The van der Waals surface area contributed by atoms with Crippen LogP contribution in [0.2, 0.25) is 0 Å². The molecule has 0 bridgehead atoms. The Bertz CT molecular complexity index is 376. The van der Waals surface area contributed by atoms with E-state index in [0.29, 0.717) is 19.6 Å². The maximum Gasteiger partial charge on any atom is 0.276 e. The number of rotatable bonds is 8. The van der Waals surface area contributed by atoms with Crippen molar-refractivity contribution in [3.05, 3.63) is 18.2 Å². The number of hydrogen-bond acceptors (Lipinski definition) is 4. The molecule has 7 nitrogen and oxygen atoms in total. The minimum Gasteiger partial charge on any atom is -0.383 e. The normalized spacial score (nSPS) is 11.8. The number of aromatic nitrogens is 2. The van der Waals surface area contributed by atoms with Crippen LogP contribution in [0.5, 0.6) is 0 Å². The Morgan fingerprint density at radius 3 is 2.81 bits per heavy atom. The van der Waals surface area contributed by atoms with Crippen molar-refractivity contribution in [2.24, 2.45) is 0 Å². The number of hydrogen-bond donors (Lipinski definition) is 3. The van der Waals surface area contributed by atoms with E-state index < -0.39 is 10.2 Å². The van der Waals surface area contributed by atoms with Crippen LogP contribution in [-0.4, -0.2) is 45.2 Å². The lowest BCUT2D eigenvalue weighted by atomic mass is 10.3. The second kappa shape index (κ2) is 6.59. The summed E-state index contributed by atoms with van der Waals surface area (Å²) in [5.41, 5.74) is 0.889. The number of aromatic amines is 1. The monoisotopic (exact) mass is 248 g/mol. The molecular formula is C8H16N4O3S. The minimum absolute atomic E-state index is 0.260. The molecule has 1 aromatic heterocycles. The second-order valence-electron chi connectivity index (χ2n) is 3.11. The van der Waals surface area contributed by atoms with Crippen LogP contribution < -0.4 is 9.44 Å². The molecule has 92 valence electrons. The molecule has 0 aliphatic carbocycles. The molecule has 0 saturated heterocycles. The fraction of sp³-hybridized carbons (Fsp3) is 0.625. The maximum atomic E-state index is 11.3. The Morgan fingerprint density at radius 2 is 2.19 bits per heavy atom. The summed E-state index contributed by atoms with van der Waals surface area (Å²) in [6.45, 7) is 0.932. The molecule has 1 aromatic rings. The Hall–Kier alpha value is -0.960. The highest BCUT2D eigenvalue weighted by molar-refractivity contribution is 7.87. The lowest BCUT2D eigenvalue weighted by molar-refractivity contribution is 0.204. The van der Waals surface area contributed by atoms with Crippen LogP contribution in [0.4, 0.5) is 0 Å². The highest BCUT2D eigenvalue weighted by atomic mass is 32.2. The molecular weight excluding hydrogens is 232 g/mol. The van der Waals surface area contributed by atoms with Crippen LogP contribution in [0.1, 0.15) is 5.69 Å². The lowest BCUT2D eigenvalue weighted by Crippen LogP contribution is -2.39. The lowest BCUT2D eigenvalue weighted by Gasteiger charge is -2.06. The van der Waals surface area contributed by atoms with Crippen LogP contribution >= 0.6 is 0 Å². The number of H-pyrrole nitrogens is 1. The first kappa shape index (κ1) is 13.1. The quantitative estimate of drug-likeness (QED) is 0.515. The van der Waals surface area contributed by atoms with Crippen molar-refractivity contribution >= 4 is 10.2 Å². The zero-order valence-corrected chi connectivity index (χ0v) is 9.88. The first-order chi connectivity index (χ1) is 7.64. The van der Waals surface area contributed by atoms with Crippen LogP contribution in [0.15, 0.2) is 12.5 Å². The second-order valence-corrected chi connectivity index (χ2v) is 4.70. The summed E-state index contributed by atoms with van der Waals surface area (Å²) in [7, 11) is -1.91. The van der Waals surface area contributed by atoms with Crippen molar-refractivity contribution in [1.82, 2.24) is 19.4 Å². The first-order valence-corrected chi connectivity index (χ1v) is 6.33. The van der Waals surface area contributed by atoms with Gasteiger partial charge in [0, 0.05) is 38.5 Å². The number of nitrogens with one attached hydrogen (secondary N) is 3. The van der Waals surface area contributed by atoms with E-state index in [2.05, 4.69) is 19.4 Å². The molecule has 0 saturated carbocycles. The average Bonchev–Trinajstić information content (AvgIpc) is 2.70. The predicted octanol–water partition coefficient (Wildman–Crippen LogP) is -0.977. The minimum atomic E-state index is -3.42. The summed E-state index contributed by atoms with van der Waals surface area (Å²) in [6.07, 6.45) is 3.79. The van der Waals surface area contributed by atoms with Gasteiger partial charge in [-0.1, -0.05) is 0 Å².